The molecule has 0 radical (unpaired) electrons. The minimum Gasteiger partial charge on any atom is -0.497 e. The molecule has 1 aromatic carbocycles. The van der Waals surface area contributed by atoms with Crippen LogP contribution in [0.25, 0.3) is 56.0 Å². The molecule has 0 aliphatic rings. The molecule has 6 aromatic rings. The molecule has 39 heavy (non-hydrogen) atoms. The van der Waals surface area contributed by atoms with Crippen LogP contribution in [0.5, 0.6) is 5.75 Å². The first-order chi connectivity index (χ1) is 19.0. The van der Waals surface area contributed by atoms with Crippen molar-refractivity contribution in [3.63, 3.8) is 0 Å². The number of methoxy groups -OCH3 is 1. The van der Waals surface area contributed by atoms with Gasteiger partial charge in [0.1, 0.15) is 17.1 Å². The number of anilines is 1. The van der Waals surface area contributed by atoms with E-state index in [2.05, 4.69) is 30.5 Å². The van der Waals surface area contributed by atoms with E-state index >= 15 is 0 Å². The summed E-state index contributed by atoms with van der Waals surface area (Å²) in [5.74, 6) is 0.400. The Bertz CT molecular complexity index is 1840. The van der Waals surface area contributed by atoms with Crippen molar-refractivity contribution >= 4 is 33.7 Å². The highest BCUT2D eigenvalue weighted by atomic mass is 19.1. The highest BCUT2D eigenvalue weighted by molar-refractivity contribution is 5.96. The standard InChI is InChI=1S/C28H23FN8O2/c1-3-4-24(38)32-18-8-16(11-30-12-18)21-5-6-22-26(33-21)27(37-36-22)28-34-23-14-31-13-20(25(23)35-28)15-7-17(29)10-19(9-15)39-2/h5-14H,3-4H2,1-2H3,(H,32,38)(H,34,35)(H,36,37). The quantitative estimate of drug-likeness (QED) is 0.252. The number of rotatable bonds is 7. The van der Waals surface area contributed by atoms with Gasteiger partial charge in [-0.25, -0.2) is 14.4 Å². The van der Waals surface area contributed by atoms with Gasteiger partial charge in [0.2, 0.25) is 5.91 Å². The molecule has 3 N–H and O–H groups in total. The van der Waals surface area contributed by atoms with Crippen molar-refractivity contribution in [2.45, 2.75) is 19.8 Å². The second-order valence-electron chi connectivity index (χ2n) is 8.97. The molecule has 5 aromatic heterocycles. The molecule has 6 rings (SSSR count). The zero-order chi connectivity index (χ0) is 26.9. The summed E-state index contributed by atoms with van der Waals surface area (Å²) in [5.41, 5.74) is 6.37. The molecule has 0 atom stereocenters. The number of fused-ring (bicyclic) bond motifs is 2. The fourth-order valence-corrected chi connectivity index (χ4v) is 4.42. The summed E-state index contributed by atoms with van der Waals surface area (Å²) in [6.45, 7) is 1.95. The average molecular weight is 523 g/mol. The molecule has 0 fully saturated rings. The smallest absolute Gasteiger partial charge is 0.224 e. The number of pyridine rings is 3. The van der Waals surface area contributed by atoms with Crippen LogP contribution in [-0.4, -0.2) is 48.1 Å². The largest absolute Gasteiger partial charge is 0.497 e. The third kappa shape index (κ3) is 4.65. The Morgan fingerprint density at radius 3 is 2.69 bits per heavy atom. The second-order valence-corrected chi connectivity index (χ2v) is 8.97. The summed E-state index contributed by atoms with van der Waals surface area (Å²) in [4.78, 5) is 33.5. The molecule has 194 valence electrons. The predicted molar refractivity (Wildman–Crippen MR) is 145 cm³/mol. The van der Waals surface area contributed by atoms with E-state index in [-0.39, 0.29) is 5.91 Å². The molecule has 1 amide bonds. The summed E-state index contributed by atoms with van der Waals surface area (Å²) in [5, 5.41) is 10.3. The van der Waals surface area contributed by atoms with Crippen LogP contribution in [0, 0.1) is 5.82 Å². The Morgan fingerprint density at radius 1 is 0.974 bits per heavy atom. The highest BCUT2D eigenvalue weighted by Gasteiger charge is 2.18. The van der Waals surface area contributed by atoms with Crippen molar-refractivity contribution in [1.29, 1.82) is 0 Å². The number of aromatic nitrogens is 7. The van der Waals surface area contributed by atoms with Crippen LogP contribution >= 0.6 is 0 Å². The van der Waals surface area contributed by atoms with Crippen molar-refractivity contribution in [2.75, 3.05) is 12.4 Å². The maximum Gasteiger partial charge on any atom is 0.224 e. The lowest BCUT2D eigenvalue weighted by Gasteiger charge is -2.06. The molecule has 0 unspecified atom stereocenters. The van der Waals surface area contributed by atoms with Gasteiger partial charge in [0, 0.05) is 36.0 Å². The fourth-order valence-electron chi connectivity index (χ4n) is 4.42. The maximum atomic E-state index is 14.2. The molecule has 0 aliphatic heterocycles. The van der Waals surface area contributed by atoms with Crippen molar-refractivity contribution < 1.29 is 13.9 Å². The van der Waals surface area contributed by atoms with Crippen molar-refractivity contribution in [1.82, 2.24) is 35.1 Å². The van der Waals surface area contributed by atoms with Gasteiger partial charge in [-0.1, -0.05) is 6.92 Å². The van der Waals surface area contributed by atoms with Crippen LogP contribution in [0.3, 0.4) is 0 Å². The first-order valence-corrected chi connectivity index (χ1v) is 12.3. The third-order valence-electron chi connectivity index (χ3n) is 6.24. The number of carbonyl (C=O) groups excluding carboxylic acids is 1. The van der Waals surface area contributed by atoms with Crippen LogP contribution in [-0.2, 0) is 4.79 Å². The zero-order valence-corrected chi connectivity index (χ0v) is 21.1. The van der Waals surface area contributed by atoms with Gasteiger partial charge in [-0.05, 0) is 42.3 Å². The van der Waals surface area contributed by atoms with Crippen LogP contribution in [0.1, 0.15) is 19.8 Å². The van der Waals surface area contributed by atoms with Gasteiger partial charge in [-0.3, -0.25) is 19.9 Å². The van der Waals surface area contributed by atoms with E-state index in [1.165, 1.54) is 19.2 Å². The van der Waals surface area contributed by atoms with E-state index in [1.54, 1.807) is 30.9 Å². The van der Waals surface area contributed by atoms with Gasteiger partial charge in [-0.2, -0.15) is 5.10 Å². The fraction of sp³-hybridized carbons (Fsp3) is 0.143. The molecule has 0 spiro atoms. The van der Waals surface area contributed by atoms with E-state index in [0.717, 1.165) is 17.5 Å². The minimum absolute atomic E-state index is 0.0626. The molecule has 0 bridgehead atoms. The number of aromatic amines is 2. The lowest BCUT2D eigenvalue weighted by Crippen LogP contribution is -2.10. The van der Waals surface area contributed by atoms with E-state index in [0.29, 0.717) is 62.7 Å². The molecule has 0 aliphatic carbocycles. The van der Waals surface area contributed by atoms with Crippen LogP contribution in [0.2, 0.25) is 0 Å². The monoisotopic (exact) mass is 522 g/mol. The Labute approximate surface area is 221 Å². The van der Waals surface area contributed by atoms with Crippen molar-refractivity contribution in [3.05, 3.63) is 67.0 Å². The SMILES string of the molecule is CCCC(=O)Nc1cncc(-c2ccc3[nH]nc(-c4nc5c(-c6cc(F)cc(OC)c6)cncc5[nH]4)c3n2)c1. The second kappa shape index (κ2) is 9.93. The number of hydrogen-bond acceptors (Lipinski definition) is 7. The predicted octanol–water partition coefficient (Wildman–Crippen LogP) is 5.51. The van der Waals surface area contributed by atoms with Gasteiger partial charge in [0.05, 0.1) is 47.4 Å². The minimum atomic E-state index is -0.421. The Kier molecular flexibility index (Phi) is 6.16. The maximum absolute atomic E-state index is 14.2. The first kappa shape index (κ1) is 24.2. The van der Waals surface area contributed by atoms with E-state index in [4.69, 9.17) is 14.7 Å². The molecule has 11 heteroatoms. The Morgan fingerprint density at radius 2 is 1.85 bits per heavy atom. The van der Waals surface area contributed by atoms with Gasteiger partial charge in [0.25, 0.3) is 0 Å². The molecule has 5 heterocycles. The number of ether oxygens (including phenoxy) is 1. The summed E-state index contributed by atoms with van der Waals surface area (Å²) in [7, 11) is 1.49. The molecule has 10 nitrogen and oxygen atoms in total. The lowest BCUT2D eigenvalue weighted by atomic mass is 10.1. The summed E-state index contributed by atoms with van der Waals surface area (Å²) >= 11 is 0. The lowest BCUT2D eigenvalue weighted by molar-refractivity contribution is -0.116. The van der Waals surface area contributed by atoms with Gasteiger partial charge < -0.3 is 15.0 Å². The van der Waals surface area contributed by atoms with Crippen LogP contribution in [0.4, 0.5) is 10.1 Å². The van der Waals surface area contributed by atoms with Gasteiger partial charge in [-0.15, -0.1) is 0 Å². The number of hydrogen-bond donors (Lipinski definition) is 3. The van der Waals surface area contributed by atoms with Crippen molar-refractivity contribution in [2.24, 2.45) is 0 Å². The third-order valence-corrected chi connectivity index (χ3v) is 6.24. The Balaban J connectivity index is 1.40. The number of halogens is 1. The summed E-state index contributed by atoms with van der Waals surface area (Å²) < 4.78 is 19.5. The van der Waals surface area contributed by atoms with E-state index < -0.39 is 5.82 Å². The number of amides is 1. The number of nitrogens with one attached hydrogen (secondary N) is 3. The normalized spacial score (nSPS) is 11.3. The Hall–Kier alpha value is -5.19. The molecule has 0 saturated heterocycles. The summed E-state index contributed by atoms with van der Waals surface area (Å²) in [6, 6.07) is 10.0. The van der Waals surface area contributed by atoms with Gasteiger partial charge in [0.15, 0.2) is 11.5 Å². The van der Waals surface area contributed by atoms with Crippen LogP contribution in [0.15, 0.2) is 61.2 Å². The molecule has 0 saturated carbocycles. The zero-order valence-electron chi connectivity index (χ0n) is 21.1. The average Bonchev–Trinajstić information content (AvgIpc) is 3.56. The first-order valence-electron chi connectivity index (χ1n) is 12.3. The topological polar surface area (TPSA) is 134 Å². The van der Waals surface area contributed by atoms with Crippen molar-refractivity contribution in [3.8, 4) is 39.7 Å². The van der Waals surface area contributed by atoms with E-state index in [1.807, 2.05) is 25.1 Å². The number of H-pyrrole nitrogens is 2. The van der Waals surface area contributed by atoms with Gasteiger partial charge >= 0.3 is 0 Å². The molecular weight excluding hydrogens is 499 g/mol. The molecular formula is C28H23FN8O2. The van der Waals surface area contributed by atoms with E-state index in [9.17, 15) is 9.18 Å². The number of nitrogens with zero attached hydrogens (tertiary/aromatic N) is 5. The summed E-state index contributed by atoms with van der Waals surface area (Å²) in [6.07, 6.45) is 7.79. The number of carbonyl (C=O) groups is 1. The number of imidazole rings is 1. The highest BCUT2D eigenvalue weighted by Crippen LogP contribution is 2.33. The number of benzene rings is 1. The van der Waals surface area contributed by atoms with Crippen LogP contribution < -0.4 is 10.1 Å².